The second-order valence-corrected chi connectivity index (χ2v) is 5.53. The normalized spacial score (nSPS) is 13.5. The summed E-state index contributed by atoms with van der Waals surface area (Å²) in [6.07, 6.45) is 1.05. The van der Waals surface area contributed by atoms with Gasteiger partial charge < -0.3 is 18.4 Å². The van der Waals surface area contributed by atoms with Crippen molar-refractivity contribution in [1.82, 2.24) is 0 Å². The van der Waals surface area contributed by atoms with E-state index in [2.05, 4.69) is 6.58 Å². The van der Waals surface area contributed by atoms with Gasteiger partial charge in [-0.3, -0.25) is 4.79 Å². The average Bonchev–Trinajstić information content (AvgIpc) is 2.28. The maximum atomic E-state index is 11.4. The Morgan fingerprint density at radius 3 is 1.88 bits per heavy atom. The van der Waals surface area contributed by atoms with E-state index in [0.29, 0.717) is 19.8 Å². The van der Waals surface area contributed by atoms with Crippen LogP contribution in [0, 0.1) is 0 Å². The maximum absolute atomic E-state index is 11.4. The highest BCUT2D eigenvalue weighted by Gasteiger charge is 2.51. The first-order valence-corrected chi connectivity index (χ1v) is 7.14. The fourth-order valence-electron chi connectivity index (χ4n) is 1.25. The van der Waals surface area contributed by atoms with Crippen LogP contribution in [-0.2, 0) is 18.1 Å². The molecule has 0 aromatic carbocycles. The number of carbonyl (C=O) groups excluding carboxylic acids is 1. The van der Waals surface area contributed by atoms with Crippen LogP contribution in [0.25, 0.3) is 0 Å². The molecule has 0 saturated heterocycles. The summed E-state index contributed by atoms with van der Waals surface area (Å²) in [5.74, 6) is -0.540. The molecule has 0 spiro atoms. The van der Waals surface area contributed by atoms with E-state index in [1.165, 1.54) is 0 Å². The van der Waals surface area contributed by atoms with Gasteiger partial charge in [-0.2, -0.15) is 0 Å². The monoisotopic (exact) mass is 248 g/mol. The third-order valence-corrected chi connectivity index (χ3v) is 4.87. The third-order valence-electron chi connectivity index (χ3n) is 1.84. The molecule has 6 heteroatoms. The minimum absolute atomic E-state index is 0.313. The number of carbonyl (C=O) groups is 1. The van der Waals surface area contributed by atoms with E-state index in [4.69, 9.17) is 13.3 Å². The minimum atomic E-state index is -3.35. The van der Waals surface area contributed by atoms with Crippen LogP contribution in [0.1, 0.15) is 20.8 Å². The quantitative estimate of drug-likeness (QED) is 0.480. The van der Waals surface area contributed by atoms with Gasteiger partial charge in [0.05, 0.1) is 0 Å². The Labute approximate surface area is 97.4 Å². The number of hydrogen-bond donors (Lipinski definition) is 1. The van der Waals surface area contributed by atoms with Crippen molar-refractivity contribution in [2.75, 3.05) is 19.8 Å². The Morgan fingerprint density at radius 1 is 1.25 bits per heavy atom. The fourth-order valence-corrected chi connectivity index (χ4v) is 3.65. The number of ketones is 1. The Hall–Kier alpha value is -0.533. The molecule has 0 aliphatic heterocycles. The van der Waals surface area contributed by atoms with Gasteiger partial charge >= 0.3 is 8.80 Å². The van der Waals surface area contributed by atoms with Gasteiger partial charge in [0.1, 0.15) is 0 Å². The summed E-state index contributed by atoms with van der Waals surface area (Å²) in [6.45, 7) is 9.53. The summed E-state index contributed by atoms with van der Waals surface area (Å²) in [5, 5.41) is 9.89. The Balaban J connectivity index is 4.96. The molecule has 1 N–H and O–H groups in total. The number of aliphatic hydroxyl groups is 1. The topological polar surface area (TPSA) is 65.0 Å². The summed E-state index contributed by atoms with van der Waals surface area (Å²) in [4.78, 5) is 11.4. The molecule has 0 amide bonds. The Morgan fingerprint density at radius 2 is 1.62 bits per heavy atom. The van der Waals surface area contributed by atoms with Crippen molar-refractivity contribution < 1.29 is 23.2 Å². The number of aliphatic hydroxyl groups excluding tert-OH is 1. The molecular weight excluding hydrogens is 228 g/mol. The number of rotatable bonds is 9. The van der Waals surface area contributed by atoms with Gasteiger partial charge in [-0.15, -0.1) is 0 Å². The van der Waals surface area contributed by atoms with Crippen molar-refractivity contribution in [2.45, 2.75) is 26.5 Å². The SMILES string of the molecule is C=CC(=O)C(O)[Si](OCC)(OCC)OCC. The van der Waals surface area contributed by atoms with Crippen molar-refractivity contribution in [2.24, 2.45) is 0 Å². The van der Waals surface area contributed by atoms with Crippen molar-refractivity contribution in [3.8, 4) is 0 Å². The fraction of sp³-hybridized carbons (Fsp3) is 0.700. The zero-order valence-electron chi connectivity index (χ0n) is 10.1. The van der Waals surface area contributed by atoms with E-state index >= 15 is 0 Å². The summed E-state index contributed by atoms with van der Waals surface area (Å²) in [5.41, 5.74) is -1.40. The Kier molecular flexibility index (Phi) is 7.44. The van der Waals surface area contributed by atoms with E-state index in [0.717, 1.165) is 6.08 Å². The lowest BCUT2D eigenvalue weighted by molar-refractivity contribution is -0.122. The van der Waals surface area contributed by atoms with E-state index in [1.54, 1.807) is 20.8 Å². The molecule has 94 valence electrons. The van der Waals surface area contributed by atoms with Crippen molar-refractivity contribution >= 4 is 14.6 Å². The van der Waals surface area contributed by atoms with E-state index in [9.17, 15) is 9.90 Å². The van der Waals surface area contributed by atoms with Crippen LogP contribution in [0.15, 0.2) is 12.7 Å². The summed E-state index contributed by atoms with van der Waals surface area (Å²) in [7, 11) is -3.35. The summed E-state index contributed by atoms with van der Waals surface area (Å²) in [6, 6.07) is 0. The summed E-state index contributed by atoms with van der Waals surface area (Å²) < 4.78 is 16.1. The molecule has 0 aliphatic rings. The van der Waals surface area contributed by atoms with E-state index in [1.807, 2.05) is 0 Å². The molecule has 16 heavy (non-hydrogen) atoms. The molecule has 0 aliphatic carbocycles. The molecule has 0 rings (SSSR count). The van der Waals surface area contributed by atoms with Gasteiger partial charge in [-0.25, -0.2) is 0 Å². The molecule has 1 atom stereocenters. The average molecular weight is 248 g/mol. The molecular formula is C10H20O5Si. The molecule has 0 radical (unpaired) electrons. The molecule has 0 heterocycles. The predicted octanol–water partition coefficient (Wildman–Crippen LogP) is 0.690. The van der Waals surface area contributed by atoms with Crippen LogP contribution in [0.2, 0.25) is 0 Å². The van der Waals surface area contributed by atoms with Crippen LogP contribution in [0.3, 0.4) is 0 Å². The standard InChI is InChI=1S/C10H20O5Si/c1-5-9(11)10(12)16(13-6-2,14-7-3)15-8-4/h5,10,12H,1,6-8H2,2-4H3. The highest BCUT2D eigenvalue weighted by Crippen LogP contribution is 2.16. The zero-order chi connectivity index (χ0) is 12.6. The molecule has 0 saturated carbocycles. The van der Waals surface area contributed by atoms with E-state index < -0.39 is 20.3 Å². The van der Waals surface area contributed by atoms with Crippen LogP contribution in [0.5, 0.6) is 0 Å². The second kappa shape index (κ2) is 7.69. The first-order chi connectivity index (χ1) is 7.57. The van der Waals surface area contributed by atoms with Crippen LogP contribution < -0.4 is 0 Å². The van der Waals surface area contributed by atoms with Crippen molar-refractivity contribution in [3.05, 3.63) is 12.7 Å². The highest BCUT2D eigenvalue weighted by atomic mass is 28.4. The third kappa shape index (κ3) is 3.80. The highest BCUT2D eigenvalue weighted by molar-refractivity contribution is 6.66. The van der Waals surface area contributed by atoms with Crippen LogP contribution in [-0.4, -0.2) is 45.2 Å². The van der Waals surface area contributed by atoms with Gasteiger partial charge in [0.2, 0.25) is 0 Å². The van der Waals surface area contributed by atoms with Crippen molar-refractivity contribution in [3.63, 3.8) is 0 Å². The summed E-state index contributed by atoms with van der Waals surface area (Å²) >= 11 is 0. The lowest BCUT2D eigenvalue weighted by Gasteiger charge is -2.30. The number of hydrogen-bond acceptors (Lipinski definition) is 5. The lowest BCUT2D eigenvalue weighted by Crippen LogP contribution is -2.59. The maximum Gasteiger partial charge on any atom is 0.539 e. The van der Waals surface area contributed by atoms with Gasteiger partial charge in [0.15, 0.2) is 11.5 Å². The van der Waals surface area contributed by atoms with E-state index in [-0.39, 0.29) is 0 Å². The van der Waals surface area contributed by atoms with Gasteiger partial charge in [0, 0.05) is 19.8 Å². The van der Waals surface area contributed by atoms with Crippen molar-refractivity contribution in [1.29, 1.82) is 0 Å². The van der Waals surface area contributed by atoms with Crippen LogP contribution >= 0.6 is 0 Å². The second-order valence-electron chi connectivity index (χ2n) is 2.91. The first-order valence-electron chi connectivity index (χ1n) is 5.34. The lowest BCUT2D eigenvalue weighted by atomic mass is 10.4. The molecule has 5 nitrogen and oxygen atoms in total. The molecule has 1 unspecified atom stereocenters. The Bertz CT molecular complexity index is 214. The molecule has 0 aromatic rings. The van der Waals surface area contributed by atoms with Gasteiger partial charge in [-0.05, 0) is 26.8 Å². The molecule has 0 bridgehead atoms. The molecule has 0 aromatic heterocycles. The smallest absolute Gasteiger partial charge is 0.381 e. The molecule has 0 fully saturated rings. The minimum Gasteiger partial charge on any atom is -0.381 e. The predicted molar refractivity (Wildman–Crippen MR) is 61.8 cm³/mol. The van der Waals surface area contributed by atoms with Crippen LogP contribution in [0.4, 0.5) is 0 Å². The zero-order valence-corrected chi connectivity index (χ0v) is 11.1. The van der Waals surface area contributed by atoms with Gasteiger partial charge in [0.25, 0.3) is 0 Å². The first kappa shape index (κ1) is 15.5. The largest absolute Gasteiger partial charge is 0.539 e. The van der Waals surface area contributed by atoms with Gasteiger partial charge in [-0.1, -0.05) is 6.58 Å².